The van der Waals surface area contributed by atoms with Crippen LogP contribution in [0.3, 0.4) is 0 Å². The monoisotopic (exact) mass is 543 g/mol. The molecular formula is C29H30FN7O3. The number of carbonyl (C=O) groups excluding carboxylic acids is 1. The number of aromatic nitrogens is 4. The van der Waals surface area contributed by atoms with Gasteiger partial charge >= 0.3 is 0 Å². The van der Waals surface area contributed by atoms with E-state index in [-0.39, 0.29) is 18.0 Å². The fraction of sp³-hybridized carbons (Fsp3) is 0.310. The molecule has 0 radical (unpaired) electrons. The van der Waals surface area contributed by atoms with E-state index in [1.165, 1.54) is 12.1 Å². The van der Waals surface area contributed by atoms with Gasteiger partial charge < -0.3 is 25.0 Å². The number of morpholine rings is 1. The van der Waals surface area contributed by atoms with Crippen LogP contribution in [-0.2, 0) is 14.3 Å². The van der Waals surface area contributed by atoms with Crippen molar-refractivity contribution in [2.75, 3.05) is 48.4 Å². The summed E-state index contributed by atoms with van der Waals surface area (Å²) in [7, 11) is 0. The molecule has 0 aliphatic carbocycles. The average Bonchev–Trinajstić information content (AvgIpc) is 3.42. The first-order chi connectivity index (χ1) is 19.6. The van der Waals surface area contributed by atoms with Crippen LogP contribution in [0.5, 0.6) is 0 Å². The summed E-state index contributed by atoms with van der Waals surface area (Å²) < 4.78 is 28.3. The van der Waals surface area contributed by atoms with E-state index >= 15 is 4.39 Å². The zero-order valence-corrected chi connectivity index (χ0v) is 22.0. The molecule has 1 atom stereocenters. The normalized spacial score (nSPS) is 17.5. The number of halogens is 1. The Morgan fingerprint density at radius 1 is 1.07 bits per heavy atom. The summed E-state index contributed by atoms with van der Waals surface area (Å²) in [5.74, 6) is -0.351. The molecule has 1 amide bonds. The minimum atomic E-state index is -0.334. The van der Waals surface area contributed by atoms with Crippen molar-refractivity contribution in [3.05, 3.63) is 67.1 Å². The summed E-state index contributed by atoms with van der Waals surface area (Å²) >= 11 is 0. The minimum absolute atomic E-state index is 0.231. The van der Waals surface area contributed by atoms with E-state index in [0.717, 1.165) is 30.2 Å². The van der Waals surface area contributed by atoms with Crippen LogP contribution in [0.25, 0.3) is 22.3 Å². The second kappa shape index (κ2) is 11.4. The van der Waals surface area contributed by atoms with Crippen molar-refractivity contribution < 1.29 is 18.7 Å². The van der Waals surface area contributed by atoms with Gasteiger partial charge in [-0.25, -0.2) is 14.1 Å². The highest BCUT2D eigenvalue weighted by molar-refractivity contribution is 6.00. The Morgan fingerprint density at radius 3 is 2.73 bits per heavy atom. The number of nitrogens with one attached hydrogen (secondary N) is 2. The number of nitrogens with zero attached hydrogens (tertiary/aromatic N) is 5. The summed E-state index contributed by atoms with van der Waals surface area (Å²) in [4.78, 5) is 23.5. The molecule has 11 heteroatoms. The van der Waals surface area contributed by atoms with E-state index in [1.54, 1.807) is 23.0 Å². The van der Waals surface area contributed by atoms with Crippen LogP contribution in [0.15, 0.2) is 61.3 Å². The number of rotatable bonds is 7. The van der Waals surface area contributed by atoms with Crippen LogP contribution in [0.1, 0.15) is 25.5 Å². The third-order valence-electron chi connectivity index (χ3n) is 7.03. The van der Waals surface area contributed by atoms with E-state index in [1.807, 2.05) is 29.2 Å². The van der Waals surface area contributed by atoms with Crippen molar-refractivity contribution in [1.82, 2.24) is 19.7 Å². The minimum Gasteiger partial charge on any atom is -0.378 e. The number of hydrogen-bond donors (Lipinski definition) is 2. The topological polar surface area (TPSA) is 106 Å². The third-order valence-corrected chi connectivity index (χ3v) is 7.03. The van der Waals surface area contributed by atoms with E-state index in [2.05, 4.69) is 22.3 Å². The van der Waals surface area contributed by atoms with Gasteiger partial charge in [-0.1, -0.05) is 18.7 Å². The first-order valence-corrected chi connectivity index (χ1v) is 13.4. The molecule has 2 aliphatic rings. The maximum atomic E-state index is 15.1. The Labute approximate surface area is 230 Å². The molecule has 4 aromatic rings. The van der Waals surface area contributed by atoms with Crippen LogP contribution in [0, 0.1) is 5.82 Å². The predicted octanol–water partition coefficient (Wildman–Crippen LogP) is 5.04. The lowest BCUT2D eigenvalue weighted by molar-refractivity contribution is -0.111. The van der Waals surface area contributed by atoms with Crippen LogP contribution in [0.4, 0.5) is 27.4 Å². The SMILES string of the molecule is C=CC(=O)Nc1cccc(-c2nc(Nc3ccc(N4CCOCC4)c(F)c3)nc3c2cnn3C2CCCCO2)c1. The van der Waals surface area contributed by atoms with E-state index < -0.39 is 0 Å². The summed E-state index contributed by atoms with van der Waals surface area (Å²) in [5.41, 5.74) is 3.64. The molecule has 0 bridgehead atoms. The van der Waals surface area contributed by atoms with Crippen LogP contribution in [-0.4, -0.2) is 58.6 Å². The van der Waals surface area contributed by atoms with Gasteiger partial charge in [-0.05, 0) is 55.7 Å². The van der Waals surface area contributed by atoms with Crippen LogP contribution >= 0.6 is 0 Å². The second-order valence-corrected chi connectivity index (χ2v) is 9.71. The van der Waals surface area contributed by atoms with Crippen molar-refractivity contribution in [1.29, 1.82) is 0 Å². The highest BCUT2D eigenvalue weighted by Crippen LogP contribution is 2.33. The fourth-order valence-electron chi connectivity index (χ4n) is 5.04. The molecule has 40 heavy (non-hydrogen) atoms. The first-order valence-electron chi connectivity index (χ1n) is 13.4. The number of carbonyl (C=O) groups is 1. The molecule has 2 aromatic carbocycles. The van der Waals surface area contributed by atoms with Gasteiger partial charge in [0.2, 0.25) is 11.9 Å². The molecule has 2 fully saturated rings. The number of ether oxygens (including phenoxy) is 2. The van der Waals surface area contributed by atoms with E-state index in [0.29, 0.717) is 67.3 Å². The molecule has 1 unspecified atom stereocenters. The van der Waals surface area contributed by atoms with Gasteiger partial charge in [0.15, 0.2) is 11.9 Å². The highest BCUT2D eigenvalue weighted by Gasteiger charge is 2.23. The number of fused-ring (bicyclic) bond motifs is 1. The van der Waals surface area contributed by atoms with Crippen LogP contribution in [0.2, 0.25) is 0 Å². The largest absolute Gasteiger partial charge is 0.378 e. The van der Waals surface area contributed by atoms with Crippen LogP contribution < -0.4 is 15.5 Å². The Hall–Kier alpha value is -4.35. The van der Waals surface area contributed by atoms with Gasteiger partial charge in [0.25, 0.3) is 0 Å². The molecule has 0 spiro atoms. The molecular weight excluding hydrogens is 513 g/mol. The Kier molecular flexibility index (Phi) is 7.39. The summed E-state index contributed by atoms with van der Waals surface area (Å²) in [6.45, 7) is 6.62. The number of benzene rings is 2. The number of hydrogen-bond acceptors (Lipinski definition) is 8. The standard InChI is InChI=1S/C29H30FN7O3/c1-2-25(38)32-20-7-5-6-19(16-20)27-22-18-31-37(26-8-3-4-13-40-26)28(22)35-29(34-27)33-21-9-10-24(23(30)17-21)36-11-14-39-15-12-36/h2,5-7,9-10,16-18,26H,1,3-4,8,11-15H2,(H,32,38)(H,33,34,35). The fourth-order valence-corrected chi connectivity index (χ4v) is 5.04. The smallest absolute Gasteiger partial charge is 0.247 e. The van der Waals surface area contributed by atoms with E-state index in [9.17, 15) is 4.79 Å². The molecule has 2 N–H and O–H groups in total. The second-order valence-electron chi connectivity index (χ2n) is 9.71. The lowest BCUT2D eigenvalue weighted by Gasteiger charge is -2.29. The van der Waals surface area contributed by atoms with Crippen molar-refractivity contribution in [3.8, 4) is 11.3 Å². The van der Waals surface area contributed by atoms with Gasteiger partial charge in [-0.15, -0.1) is 0 Å². The van der Waals surface area contributed by atoms with Crippen molar-refractivity contribution in [2.24, 2.45) is 0 Å². The van der Waals surface area contributed by atoms with Crippen molar-refractivity contribution in [2.45, 2.75) is 25.5 Å². The van der Waals surface area contributed by atoms with Crippen molar-refractivity contribution >= 4 is 40.0 Å². The molecule has 2 saturated heterocycles. The average molecular weight is 544 g/mol. The maximum Gasteiger partial charge on any atom is 0.247 e. The first kappa shape index (κ1) is 25.9. The van der Waals surface area contributed by atoms with Gasteiger partial charge in [0.05, 0.1) is 36.2 Å². The summed E-state index contributed by atoms with van der Waals surface area (Å²) in [6.07, 6.45) is 5.60. The predicted molar refractivity (Wildman–Crippen MR) is 151 cm³/mol. The van der Waals surface area contributed by atoms with Gasteiger partial charge in [-0.3, -0.25) is 4.79 Å². The molecule has 2 aliphatic heterocycles. The highest BCUT2D eigenvalue weighted by atomic mass is 19.1. The maximum absolute atomic E-state index is 15.1. The van der Waals surface area contributed by atoms with Gasteiger partial charge in [0, 0.05) is 36.6 Å². The molecule has 10 nitrogen and oxygen atoms in total. The Morgan fingerprint density at radius 2 is 1.95 bits per heavy atom. The van der Waals surface area contributed by atoms with E-state index in [4.69, 9.17) is 19.4 Å². The quantitative estimate of drug-likeness (QED) is 0.313. The van der Waals surface area contributed by atoms with Crippen molar-refractivity contribution in [3.63, 3.8) is 0 Å². The molecule has 6 rings (SSSR count). The number of anilines is 4. The Bertz CT molecular complexity index is 1540. The molecule has 0 saturated carbocycles. The van der Waals surface area contributed by atoms with Gasteiger partial charge in [0.1, 0.15) is 5.82 Å². The zero-order chi connectivity index (χ0) is 27.5. The molecule has 4 heterocycles. The van der Waals surface area contributed by atoms with Gasteiger partial charge in [-0.2, -0.15) is 10.1 Å². The Balaban J connectivity index is 1.39. The third kappa shape index (κ3) is 5.38. The lowest BCUT2D eigenvalue weighted by Crippen LogP contribution is -2.36. The number of amides is 1. The lowest BCUT2D eigenvalue weighted by atomic mass is 10.1. The summed E-state index contributed by atoms with van der Waals surface area (Å²) in [5, 5.41) is 11.3. The molecule has 206 valence electrons. The zero-order valence-electron chi connectivity index (χ0n) is 22.0. The molecule has 2 aromatic heterocycles. The summed E-state index contributed by atoms with van der Waals surface area (Å²) in [6, 6.07) is 12.4.